The van der Waals surface area contributed by atoms with Crippen LogP contribution in [0.1, 0.15) is 16.3 Å². The fraction of sp³-hybridized carbons (Fsp3) is 0.0556. The first-order valence-corrected chi connectivity index (χ1v) is 9.03. The summed E-state index contributed by atoms with van der Waals surface area (Å²) in [5, 5.41) is 2.48. The van der Waals surface area contributed by atoms with Gasteiger partial charge < -0.3 is 9.73 Å². The lowest BCUT2D eigenvalue weighted by Crippen LogP contribution is -2.11. The van der Waals surface area contributed by atoms with E-state index in [-0.39, 0.29) is 27.9 Å². The minimum atomic E-state index is -3.57. The Labute approximate surface area is 144 Å². The normalized spacial score (nSPS) is 11.2. The monoisotopic (exact) mass is 359 g/mol. The maximum atomic E-state index is 13.1. The van der Waals surface area contributed by atoms with Crippen molar-refractivity contribution in [1.82, 2.24) is 0 Å². The molecule has 1 N–H and O–H groups in total. The Morgan fingerprint density at radius 2 is 1.76 bits per heavy atom. The minimum absolute atomic E-state index is 0.0532. The number of benzene rings is 2. The van der Waals surface area contributed by atoms with Gasteiger partial charge in [-0.2, -0.15) is 0 Å². The van der Waals surface area contributed by atoms with E-state index in [9.17, 15) is 17.6 Å². The van der Waals surface area contributed by atoms with E-state index in [0.717, 1.165) is 0 Å². The van der Waals surface area contributed by atoms with Crippen LogP contribution in [0.4, 0.5) is 10.1 Å². The lowest BCUT2D eigenvalue weighted by atomic mass is 10.3. The third-order valence-corrected chi connectivity index (χ3v) is 5.06. The molecule has 25 heavy (non-hydrogen) atoms. The summed E-state index contributed by atoms with van der Waals surface area (Å²) in [6.07, 6.45) is 0. The zero-order chi connectivity index (χ0) is 17.9. The summed E-state index contributed by atoms with van der Waals surface area (Å²) < 4.78 is 43.1. The van der Waals surface area contributed by atoms with E-state index in [1.54, 1.807) is 18.2 Å². The highest BCUT2D eigenvalue weighted by Crippen LogP contribution is 2.19. The number of sulfone groups is 1. The molecule has 1 aromatic heterocycles. The van der Waals surface area contributed by atoms with Gasteiger partial charge in [0, 0.05) is 5.69 Å². The Bertz CT molecular complexity index is 997. The molecule has 0 fully saturated rings. The number of carbonyl (C=O) groups excluding carboxylic acids is 1. The van der Waals surface area contributed by atoms with Gasteiger partial charge in [0.25, 0.3) is 5.91 Å². The zero-order valence-electron chi connectivity index (χ0n) is 13.0. The molecule has 0 atom stereocenters. The molecule has 0 aliphatic rings. The average molecular weight is 359 g/mol. The van der Waals surface area contributed by atoms with Gasteiger partial charge in [0.05, 0.1) is 4.90 Å². The van der Waals surface area contributed by atoms with Gasteiger partial charge in [0.1, 0.15) is 17.3 Å². The van der Waals surface area contributed by atoms with Crippen molar-refractivity contribution in [3.05, 3.63) is 84.1 Å². The van der Waals surface area contributed by atoms with Crippen LogP contribution in [-0.4, -0.2) is 14.3 Å². The quantitative estimate of drug-likeness (QED) is 0.754. The molecule has 0 spiro atoms. The number of hydrogen-bond acceptors (Lipinski definition) is 4. The molecule has 128 valence electrons. The Hall–Kier alpha value is -2.93. The topological polar surface area (TPSA) is 76.4 Å². The van der Waals surface area contributed by atoms with E-state index in [4.69, 9.17) is 4.42 Å². The van der Waals surface area contributed by atoms with E-state index in [1.165, 1.54) is 48.5 Å². The molecule has 2 aromatic carbocycles. The minimum Gasteiger partial charge on any atom is -0.455 e. The highest BCUT2D eigenvalue weighted by Gasteiger charge is 2.19. The Balaban J connectivity index is 1.73. The van der Waals surface area contributed by atoms with Crippen molar-refractivity contribution < 1.29 is 22.0 Å². The molecule has 0 bridgehead atoms. The smallest absolute Gasteiger partial charge is 0.291 e. The van der Waals surface area contributed by atoms with Gasteiger partial charge >= 0.3 is 0 Å². The molecule has 0 aliphatic carbocycles. The number of rotatable bonds is 5. The second kappa shape index (κ2) is 6.90. The maximum absolute atomic E-state index is 13.1. The summed E-state index contributed by atoms with van der Waals surface area (Å²) >= 11 is 0. The molecule has 0 unspecified atom stereocenters. The molecule has 7 heteroatoms. The summed E-state index contributed by atoms with van der Waals surface area (Å²) in [4.78, 5) is 12.3. The van der Waals surface area contributed by atoms with Crippen molar-refractivity contribution in [3.8, 4) is 0 Å². The Morgan fingerprint density at radius 1 is 1.00 bits per heavy atom. The van der Waals surface area contributed by atoms with Crippen LogP contribution in [0.2, 0.25) is 0 Å². The van der Waals surface area contributed by atoms with Crippen molar-refractivity contribution in [1.29, 1.82) is 0 Å². The van der Waals surface area contributed by atoms with Crippen molar-refractivity contribution in [2.45, 2.75) is 10.6 Å². The van der Waals surface area contributed by atoms with Gasteiger partial charge in [0.2, 0.25) is 0 Å². The number of nitrogens with one attached hydrogen (secondary N) is 1. The average Bonchev–Trinajstić information content (AvgIpc) is 3.03. The van der Waals surface area contributed by atoms with Gasteiger partial charge in [-0.3, -0.25) is 4.79 Å². The summed E-state index contributed by atoms with van der Waals surface area (Å²) in [6.45, 7) is 0. The Kier molecular flexibility index (Phi) is 4.67. The molecule has 0 radical (unpaired) electrons. The fourth-order valence-corrected chi connectivity index (χ4v) is 3.50. The lowest BCUT2D eigenvalue weighted by Gasteiger charge is -2.03. The summed E-state index contributed by atoms with van der Waals surface area (Å²) in [7, 11) is -3.57. The number of furan rings is 1. The third-order valence-electron chi connectivity index (χ3n) is 3.40. The highest BCUT2D eigenvalue weighted by molar-refractivity contribution is 7.90. The van der Waals surface area contributed by atoms with Gasteiger partial charge in [-0.25, -0.2) is 12.8 Å². The van der Waals surface area contributed by atoms with Crippen molar-refractivity contribution in [3.63, 3.8) is 0 Å². The van der Waals surface area contributed by atoms with E-state index in [1.807, 2.05) is 0 Å². The van der Waals surface area contributed by atoms with Crippen LogP contribution in [0.3, 0.4) is 0 Å². The molecule has 0 saturated heterocycles. The zero-order valence-corrected chi connectivity index (χ0v) is 13.8. The van der Waals surface area contributed by atoms with Gasteiger partial charge in [0.15, 0.2) is 15.6 Å². The van der Waals surface area contributed by atoms with Crippen LogP contribution in [0, 0.1) is 5.82 Å². The number of anilines is 1. The van der Waals surface area contributed by atoms with Crippen molar-refractivity contribution >= 4 is 21.4 Å². The fourth-order valence-electron chi connectivity index (χ4n) is 2.23. The van der Waals surface area contributed by atoms with E-state index >= 15 is 0 Å². The van der Waals surface area contributed by atoms with E-state index < -0.39 is 21.6 Å². The van der Waals surface area contributed by atoms with Gasteiger partial charge in [-0.15, -0.1) is 0 Å². The number of hydrogen-bond donors (Lipinski definition) is 1. The van der Waals surface area contributed by atoms with Crippen molar-refractivity contribution in [2.75, 3.05) is 5.32 Å². The maximum Gasteiger partial charge on any atom is 0.291 e. The molecule has 1 amide bonds. The molecular weight excluding hydrogens is 345 g/mol. The highest BCUT2D eigenvalue weighted by atomic mass is 32.2. The largest absolute Gasteiger partial charge is 0.455 e. The van der Waals surface area contributed by atoms with Crippen LogP contribution in [0.15, 0.2) is 76.0 Å². The van der Waals surface area contributed by atoms with E-state index in [0.29, 0.717) is 0 Å². The SMILES string of the molecule is O=C(Nc1cccc(F)c1)c1ccc(CS(=O)(=O)c2ccccc2)o1. The first-order valence-electron chi connectivity index (χ1n) is 7.37. The number of amides is 1. The molecule has 0 aliphatic heterocycles. The van der Waals surface area contributed by atoms with Crippen LogP contribution in [0.5, 0.6) is 0 Å². The van der Waals surface area contributed by atoms with Gasteiger partial charge in [-0.1, -0.05) is 24.3 Å². The van der Waals surface area contributed by atoms with Crippen LogP contribution in [0.25, 0.3) is 0 Å². The summed E-state index contributed by atoms with van der Waals surface area (Å²) in [5.41, 5.74) is 0.278. The molecule has 3 aromatic rings. The molecular formula is C18H14FNO4S. The number of halogens is 1. The van der Waals surface area contributed by atoms with Gasteiger partial charge in [-0.05, 0) is 42.5 Å². The first kappa shape index (κ1) is 16.9. The second-order valence-electron chi connectivity index (χ2n) is 5.30. The first-order chi connectivity index (χ1) is 11.9. The van der Waals surface area contributed by atoms with Crippen LogP contribution < -0.4 is 5.32 Å². The van der Waals surface area contributed by atoms with Crippen molar-refractivity contribution in [2.24, 2.45) is 0 Å². The molecule has 3 rings (SSSR count). The third kappa shape index (κ3) is 4.13. The molecule has 0 saturated carbocycles. The predicted octanol–water partition coefficient (Wildman–Crippen LogP) is 3.64. The predicted molar refractivity (Wildman–Crippen MR) is 90.4 cm³/mol. The van der Waals surface area contributed by atoms with Crippen LogP contribution in [-0.2, 0) is 15.6 Å². The van der Waals surface area contributed by atoms with Crippen LogP contribution >= 0.6 is 0 Å². The Morgan fingerprint density at radius 3 is 2.48 bits per heavy atom. The number of carbonyl (C=O) groups is 1. The standard InChI is InChI=1S/C18H14FNO4S/c19-13-5-4-6-14(11-13)20-18(21)17-10-9-15(24-17)12-25(22,23)16-7-2-1-3-8-16/h1-11H,12H2,(H,20,21). The molecule has 5 nitrogen and oxygen atoms in total. The summed E-state index contributed by atoms with van der Waals surface area (Å²) in [5.74, 6) is -1.33. The summed E-state index contributed by atoms with van der Waals surface area (Å²) in [6, 6.07) is 16.2. The second-order valence-corrected chi connectivity index (χ2v) is 7.29. The lowest BCUT2D eigenvalue weighted by molar-refractivity contribution is 0.0995. The van der Waals surface area contributed by atoms with E-state index in [2.05, 4.69) is 5.32 Å². The molecule has 1 heterocycles.